The number of aromatic nitrogens is 3. The number of aryl methyl sites for hydroxylation is 1. The third-order valence-corrected chi connectivity index (χ3v) is 5.14. The SMILES string of the molecule is C=CCn1c(COc2ccc(F)c(Cl)c2)nnc1SCc1cccc(C)c1. The van der Waals surface area contributed by atoms with Crippen molar-refractivity contribution in [1.29, 1.82) is 0 Å². The first-order valence-corrected chi connectivity index (χ1v) is 9.72. The van der Waals surface area contributed by atoms with E-state index in [0.717, 1.165) is 10.9 Å². The van der Waals surface area contributed by atoms with Crippen LogP contribution in [0.3, 0.4) is 0 Å². The maximum atomic E-state index is 13.3. The van der Waals surface area contributed by atoms with Gasteiger partial charge in [-0.25, -0.2) is 4.39 Å². The Morgan fingerprint density at radius 1 is 1.26 bits per heavy atom. The monoisotopic (exact) mass is 403 g/mol. The summed E-state index contributed by atoms with van der Waals surface area (Å²) in [7, 11) is 0. The van der Waals surface area contributed by atoms with Gasteiger partial charge in [0.05, 0.1) is 5.02 Å². The van der Waals surface area contributed by atoms with E-state index in [1.165, 1.54) is 29.3 Å². The van der Waals surface area contributed by atoms with Crippen LogP contribution >= 0.6 is 23.4 Å². The van der Waals surface area contributed by atoms with Crippen molar-refractivity contribution in [3.05, 3.63) is 82.9 Å². The Balaban J connectivity index is 1.70. The number of hydrogen-bond acceptors (Lipinski definition) is 4. The molecule has 2 aromatic carbocycles. The standard InChI is InChI=1S/C20H19ClFN3OS/c1-3-9-25-19(12-26-16-7-8-18(22)17(21)11-16)23-24-20(25)27-13-15-6-4-5-14(2)10-15/h3-8,10-11H,1,9,12-13H2,2H3. The Labute approximate surface area is 167 Å². The van der Waals surface area contributed by atoms with Gasteiger partial charge in [0.2, 0.25) is 0 Å². The summed E-state index contributed by atoms with van der Waals surface area (Å²) in [6.07, 6.45) is 1.79. The predicted molar refractivity (Wildman–Crippen MR) is 107 cm³/mol. The van der Waals surface area contributed by atoms with Crippen molar-refractivity contribution in [2.75, 3.05) is 0 Å². The van der Waals surface area contributed by atoms with E-state index >= 15 is 0 Å². The number of hydrogen-bond donors (Lipinski definition) is 0. The number of allylic oxidation sites excluding steroid dienone is 1. The Kier molecular flexibility index (Phi) is 6.53. The maximum Gasteiger partial charge on any atom is 0.191 e. The van der Waals surface area contributed by atoms with Gasteiger partial charge in [-0.1, -0.05) is 59.3 Å². The first kappa shape index (κ1) is 19.5. The molecular formula is C20H19ClFN3OS. The molecule has 0 spiro atoms. The fourth-order valence-electron chi connectivity index (χ4n) is 2.51. The second-order valence-corrected chi connectivity index (χ2v) is 7.29. The lowest BCUT2D eigenvalue weighted by atomic mass is 10.2. The molecular weight excluding hydrogens is 385 g/mol. The summed E-state index contributed by atoms with van der Waals surface area (Å²) < 4.78 is 20.9. The van der Waals surface area contributed by atoms with Crippen LogP contribution in [-0.2, 0) is 18.9 Å². The third-order valence-electron chi connectivity index (χ3n) is 3.81. The van der Waals surface area contributed by atoms with E-state index in [1.54, 1.807) is 17.8 Å². The van der Waals surface area contributed by atoms with Crippen molar-refractivity contribution in [2.45, 2.75) is 31.0 Å². The summed E-state index contributed by atoms with van der Waals surface area (Å²) in [6, 6.07) is 12.6. The summed E-state index contributed by atoms with van der Waals surface area (Å²) in [5, 5.41) is 9.33. The van der Waals surface area contributed by atoms with E-state index in [2.05, 4.69) is 41.9 Å². The number of halogens is 2. The molecule has 0 saturated heterocycles. The van der Waals surface area contributed by atoms with Crippen molar-refractivity contribution in [3.8, 4) is 5.75 Å². The topological polar surface area (TPSA) is 39.9 Å². The molecule has 0 radical (unpaired) electrons. The predicted octanol–water partition coefficient (Wildman–Crippen LogP) is 5.44. The van der Waals surface area contributed by atoms with Crippen LogP contribution in [-0.4, -0.2) is 14.8 Å². The van der Waals surface area contributed by atoms with Crippen molar-refractivity contribution in [2.24, 2.45) is 0 Å². The second kappa shape index (κ2) is 9.06. The van der Waals surface area contributed by atoms with Crippen LogP contribution in [0.5, 0.6) is 5.75 Å². The van der Waals surface area contributed by atoms with Gasteiger partial charge < -0.3 is 4.74 Å². The highest BCUT2D eigenvalue weighted by molar-refractivity contribution is 7.98. The highest BCUT2D eigenvalue weighted by atomic mass is 35.5. The van der Waals surface area contributed by atoms with Gasteiger partial charge in [0.1, 0.15) is 18.2 Å². The second-order valence-electron chi connectivity index (χ2n) is 5.94. The molecule has 3 aromatic rings. The lowest BCUT2D eigenvalue weighted by Gasteiger charge is -2.09. The molecule has 0 aliphatic heterocycles. The van der Waals surface area contributed by atoms with Gasteiger partial charge in [-0.05, 0) is 24.6 Å². The van der Waals surface area contributed by atoms with Crippen molar-refractivity contribution < 1.29 is 9.13 Å². The molecule has 4 nitrogen and oxygen atoms in total. The Morgan fingerprint density at radius 3 is 2.85 bits per heavy atom. The number of benzene rings is 2. The molecule has 3 rings (SSSR count). The van der Waals surface area contributed by atoms with Gasteiger partial charge in [0.25, 0.3) is 0 Å². The summed E-state index contributed by atoms with van der Waals surface area (Å²) in [5.74, 6) is 1.46. The lowest BCUT2D eigenvalue weighted by Crippen LogP contribution is -2.07. The number of thioether (sulfide) groups is 1. The van der Waals surface area contributed by atoms with Gasteiger partial charge in [-0.15, -0.1) is 16.8 Å². The van der Waals surface area contributed by atoms with Gasteiger partial charge >= 0.3 is 0 Å². The lowest BCUT2D eigenvalue weighted by molar-refractivity contribution is 0.288. The molecule has 0 unspecified atom stereocenters. The molecule has 0 aliphatic carbocycles. The van der Waals surface area contributed by atoms with Crippen molar-refractivity contribution in [1.82, 2.24) is 14.8 Å². The minimum absolute atomic E-state index is 0.0226. The Hall–Kier alpha value is -2.31. The summed E-state index contributed by atoms with van der Waals surface area (Å²) in [4.78, 5) is 0. The normalized spacial score (nSPS) is 10.8. The zero-order valence-electron chi connectivity index (χ0n) is 14.9. The van der Waals surface area contributed by atoms with Crippen LogP contribution in [0.25, 0.3) is 0 Å². The van der Waals surface area contributed by atoms with Crippen LogP contribution < -0.4 is 4.74 Å². The number of ether oxygens (including phenoxy) is 1. The zero-order chi connectivity index (χ0) is 19.2. The van der Waals surface area contributed by atoms with E-state index in [9.17, 15) is 4.39 Å². The van der Waals surface area contributed by atoms with Crippen LogP contribution in [0.1, 0.15) is 17.0 Å². The molecule has 1 heterocycles. The highest BCUT2D eigenvalue weighted by Gasteiger charge is 2.13. The molecule has 0 amide bonds. The average Bonchev–Trinajstić information content (AvgIpc) is 3.03. The van der Waals surface area contributed by atoms with Gasteiger partial charge in [0, 0.05) is 18.4 Å². The molecule has 0 fully saturated rings. The fraction of sp³-hybridized carbons (Fsp3) is 0.200. The van der Waals surface area contributed by atoms with E-state index in [0.29, 0.717) is 18.1 Å². The maximum absolute atomic E-state index is 13.3. The van der Waals surface area contributed by atoms with Gasteiger partial charge in [-0.2, -0.15) is 0 Å². The van der Waals surface area contributed by atoms with Crippen molar-refractivity contribution >= 4 is 23.4 Å². The molecule has 1 aromatic heterocycles. The largest absolute Gasteiger partial charge is 0.486 e. The fourth-order valence-corrected chi connectivity index (χ4v) is 3.59. The summed E-state index contributed by atoms with van der Waals surface area (Å²) in [6.45, 7) is 6.65. The molecule has 0 atom stereocenters. The number of rotatable bonds is 8. The van der Waals surface area contributed by atoms with E-state index in [4.69, 9.17) is 16.3 Å². The molecule has 0 N–H and O–H groups in total. The summed E-state index contributed by atoms with van der Waals surface area (Å²) in [5.41, 5.74) is 2.46. The summed E-state index contributed by atoms with van der Waals surface area (Å²) >= 11 is 7.40. The molecule has 27 heavy (non-hydrogen) atoms. The minimum Gasteiger partial charge on any atom is -0.486 e. The van der Waals surface area contributed by atoms with E-state index in [1.807, 2.05) is 10.6 Å². The Morgan fingerprint density at radius 2 is 2.11 bits per heavy atom. The molecule has 0 saturated carbocycles. The quantitative estimate of drug-likeness (QED) is 0.371. The number of nitrogens with zero attached hydrogens (tertiary/aromatic N) is 3. The van der Waals surface area contributed by atoms with Crippen LogP contribution in [0.2, 0.25) is 5.02 Å². The average molecular weight is 404 g/mol. The molecule has 0 bridgehead atoms. The first-order valence-electron chi connectivity index (χ1n) is 8.36. The third kappa shape index (κ3) is 5.11. The molecule has 0 aliphatic rings. The van der Waals surface area contributed by atoms with Crippen LogP contribution in [0.4, 0.5) is 4.39 Å². The van der Waals surface area contributed by atoms with E-state index in [-0.39, 0.29) is 11.6 Å². The molecule has 7 heteroatoms. The Bertz CT molecular complexity index is 945. The van der Waals surface area contributed by atoms with Gasteiger partial charge in [-0.3, -0.25) is 4.57 Å². The van der Waals surface area contributed by atoms with Gasteiger partial charge in [0.15, 0.2) is 11.0 Å². The first-order chi connectivity index (χ1) is 13.1. The minimum atomic E-state index is -0.478. The van der Waals surface area contributed by atoms with Crippen LogP contribution in [0.15, 0.2) is 60.3 Å². The van der Waals surface area contributed by atoms with Crippen molar-refractivity contribution in [3.63, 3.8) is 0 Å². The smallest absolute Gasteiger partial charge is 0.191 e. The molecule has 140 valence electrons. The van der Waals surface area contributed by atoms with Crippen LogP contribution in [0, 0.1) is 12.7 Å². The zero-order valence-corrected chi connectivity index (χ0v) is 16.4. The van der Waals surface area contributed by atoms with E-state index < -0.39 is 5.82 Å². The highest BCUT2D eigenvalue weighted by Crippen LogP contribution is 2.24.